The number of hydrogen-bond acceptors (Lipinski definition) is 4. The van der Waals surface area contributed by atoms with E-state index >= 15 is 0 Å². The van der Waals surface area contributed by atoms with E-state index in [1.807, 2.05) is 49.1 Å². The molecule has 2 fully saturated rings. The Morgan fingerprint density at radius 1 is 1.18 bits per heavy atom. The lowest BCUT2D eigenvalue weighted by atomic mass is 9.83. The van der Waals surface area contributed by atoms with Crippen LogP contribution in [-0.2, 0) is 26.4 Å². The molecule has 0 saturated heterocycles. The van der Waals surface area contributed by atoms with E-state index in [0.29, 0.717) is 12.4 Å². The highest BCUT2D eigenvalue weighted by Gasteiger charge is 2.52. The third-order valence-electron chi connectivity index (χ3n) is 7.89. The number of fused-ring (bicyclic) bond motifs is 1. The first-order chi connectivity index (χ1) is 16.0. The summed E-state index contributed by atoms with van der Waals surface area (Å²) in [6.45, 7) is 4.43. The fourth-order valence-electron chi connectivity index (χ4n) is 5.25. The molecule has 7 nitrogen and oxygen atoms in total. The van der Waals surface area contributed by atoms with Gasteiger partial charge in [0.15, 0.2) is 11.9 Å². The second-order valence-corrected chi connectivity index (χ2v) is 15.6. The lowest BCUT2D eigenvalue weighted by Gasteiger charge is -2.53. The normalized spacial score (nSPS) is 22.0. The van der Waals surface area contributed by atoms with Crippen LogP contribution in [-0.4, -0.2) is 56.5 Å². The van der Waals surface area contributed by atoms with E-state index in [1.54, 1.807) is 0 Å². The molecule has 2 aliphatic carbocycles. The van der Waals surface area contributed by atoms with E-state index in [-0.39, 0.29) is 22.7 Å². The molecule has 5 rings (SSSR count). The van der Waals surface area contributed by atoms with E-state index in [9.17, 15) is 9.59 Å². The summed E-state index contributed by atoms with van der Waals surface area (Å²) < 4.78 is 5.91. The van der Waals surface area contributed by atoms with Gasteiger partial charge in [0.25, 0.3) is 5.91 Å². The van der Waals surface area contributed by atoms with E-state index in [0.717, 1.165) is 48.9 Å². The largest absolute Gasteiger partial charge is 0.360 e. The molecule has 8 heteroatoms. The van der Waals surface area contributed by atoms with Gasteiger partial charge in [-0.05, 0) is 70.3 Å². The first-order valence-electron chi connectivity index (χ1n) is 12.1. The maximum absolute atomic E-state index is 13.9. The van der Waals surface area contributed by atoms with Gasteiger partial charge in [0.2, 0.25) is 5.91 Å². The van der Waals surface area contributed by atoms with E-state index in [2.05, 4.69) is 34.3 Å². The van der Waals surface area contributed by atoms with Crippen LogP contribution in [0.3, 0.4) is 0 Å². The standard InChI is InChI=1S/C26H36N4O3S/c1-25(2)21-19(22(29-28-21)27-24(32)26(14-9-15-26)34(3,4)5)16-30(25)23(31)20(33-18-12-13-18)17-10-7-6-8-11-17/h6-8,10-11,18,20H,9,12-16H2,1-5H3,(H2,27,28,29,32). The number of H-pyrrole nitrogens is 1. The monoisotopic (exact) mass is 484 g/mol. The highest BCUT2D eigenvalue weighted by atomic mass is 32.3. The van der Waals surface area contributed by atoms with Gasteiger partial charge >= 0.3 is 0 Å². The van der Waals surface area contributed by atoms with Gasteiger partial charge in [-0.25, -0.2) is 10.0 Å². The Balaban J connectivity index is 1.40. The average Bonchev–Trinajstić information content (AvgIpc) is 3.40. The summed E-state index contributed by atoms with van der Waals surface area (Å²) in [5.74, 6) is 0.564. The number of nitrogens with zero attached hydrogens (tertiary/aromatic N) is 2. The first kappa shape index (κ1) is 23.4. The van der Waals surface area contributed by atoms with Crippen LogP contribution >= 0.6 is 10.0 Å². The second-order valence-electron chi connectivity index (χ2n) is 11.2. The molecule has 1 aromatic heterocycles. The van der Waals surface area contributed by atoms with Crippen LogP contribution in [0, 0.1) is 0 Å². The number of ether oxygens (including phenoxy) is 1. The number of carbonyl (C=O) groups excluding carboxylic acids is 2. The Bertz CT molecular complexity index is 1100. The molecule has 0 spiro atoms. The van der Waals surface area contributed by atoms with Gasteiger partial charge in [-0.3, -0.25) is 14.7 Å². The molecule has 2 saturated carbocycles. The zero-order chi connectivity index (χ0) is 24.3. The summed E-state index contributed by atoms with van der Waals surface area (Å²) in [7, 11) is -1.07. The van der Waals surface area contributed by atoms with E-state index in [1.165, 1.54) is 0 Å². The van der Waals surface area contributed by atoms with Crippen LogP contribution in [0.4, 0.5) is 5.82 Å². The molecule has 2 heterocycles. The van der Waals surface area contributed by atoms with Crippen LogP contribution in [0.2, 0.25) is 0 Å². The van der Waals surface area contributed by atoms with Gasteiger partial charge in [0.1, 0.15) is 0 Å². The van der Waals surface area contributed by atoms with Crippen molar-refractivity contribution in [3.8, 4) is 0 Å². The number of aromatic nitrogens is 2. The topological polar surface area (TPSA) is 87.3 Å². The van der Waals surface area contributed by atoms with Crippen molar-refractivity contribution >= 4 is 27.7 Å². The first-order valence-corrected chi connectivity index (χ1v) is 15.0. The number of aromatic amines is 1. The third kappa shape index (κ3) is 3.75. The van der Waals surface area contributed by atoms with Crippen LogP contribution in [0.25, 0.3) is 0 Å². The highest BCUT2D eigenvalue weighted by molar-refractivity contribution is 8.33. The molecular formula is C26H36N4O3S. The van der Waals surface area contributed by atoms with E-state index in [4.69, 9.17) is 4.74 Å². The fourth-order valence-corrected chi connectivity index (χ4v) is 7.38. The maximum Gasteiger partial charge on any atom is 0.257 e. The number of carbonyl (C=O) groups is 2. The smallest absolute Gasteiger partial charge is 0.257 e. The molecule has 0 radical (unpaired) electrons. The molecule has 1 aliphatic heterocycles. The molecule has 1 atom stereocenters. The van der Waals surface area contributed by atoms with Crippen molar-refractivity contribution in [2.45, 2.75) is 75.0 Å². The molecule has 1 aromatic carbocycles. The predicted octanol–water partition coefficient (Wildman–Crippen LogP) is 4.46. The molecule has 0 bridgehead atoms. The zero-order valence-corrected chi connectivity index (χ0v) is 21.6. The van der Waals surface area contributed by atoms with Gasteiger partial charge in [0.05, 0.1) is 28.6 Å². The van der Waals surface area contributed by atoms with Crippen LogP contribution < -0.4 is 5.32 Å². The zero-order valence-electron chi connectivity index (χ0n) is 20.8. The molecule has 1 unspecified atom stereocenters. The van der Waals surface area contributed by atoms with Gasteiger partial charge in [-0.1, -0.05) is 30.3 Å². The molecule has 184 valence electrons. The molecule has 2 N–H and O–H groups in total. The minimum atomic E-state index is -1.07. The highest BCUT2D eigenvalue weighted by Crippen LogP contribution is 2.60. The Morgan fingerprint density at radius 2 is 1.85 bits per heavy atom. The van der Waals surface area contributed by atoms with Gasteiger partial charge in [0, 0.05) is 5.56 Å². The summed E-state index contributed by atoms with van der Waals surface area (Å²) in [6.07, 6.45) is 11.1. The quantitative estimate of drug-likeness (QED) is 0.607. The maximum atomic E-state index is 13.9. The van der Waals surface area contributed by atoms with Gasteiger partial charge < -0.3 is 15.0 Å². The van der Waals surface area contributed by atoms with Crippen LogP contribution in [0.15, 0.2) is 30.3 Å². The molecule has 3 aliphatic rings. The Hall–Kier alpha value is -2.32. The summed E-state index contributed by atoms with van der Waals surface area (Å²) >= 11 is 0. The second kappa shape index (κ2) is 8.12. The SMILES string of the molecule is CC1(C)c2[nH]nc(NC(=O)C3(S(C)(C)C)CCC3)c2CN1C(=O)C(OC1CC1)c1ccccc1. The number of hydrogen-bond donors (Lipinski definition) is 2. The third-order valence-corrected chi connectivity index (χ3v) is 10.8. The summed E-state index contributed by atoms with van der Waals surface area (Å²) in [5.41, 5.74) is 2.05. The van der Waals surface area contributed by atoms with Crippen molar-refractivity contribution in [3.05, 3.63) is 47.2 Å². The lowest BCUT2D eigenvalue weighted by molar-refractivity contribution is -0.151. The van der Waals surface area contributed by atoms with Crippen molar-refractivity contribution in [2.75, 3.05) is 24.1 Å². The number of benzene rings is 1. The summed E-state index contributed by atoms with van der Waals surface area (Å²) in [5, 5.41) is 10.7. The fraction of sp³-hybridized carbons (Fsp3) is 0.577. The van der Waals surface area contributed by atoms with Gasteiger partial charge in [-0.15, -0.1) is 0 Å². The molecule has 34 heavy (non-hydrogen) atoms. The summed E-state index contributed by atoms with van der Waals surface area (Å²) in [4.78, 5) is 29.1. The van der Waals surface area contributed by atoms with E-state index < -0.39 is 21.7 Å². The Labute approximate surface area is 203 Å². The molecule has 2 amide bonds. The van der Waals surface area contributed by atoms with Gasteiger partial charge in [-0.2, -0.15) is 5.10 Å². The van der Waals surface area contributed by atoms with Crippen molar-refractivity contribution in [1.29, 1.82) is 0 Å². The summed E-state index contributed by atoms with van der Waals surface area (Å²) in [6, 6.07) is 9.73. The lowest BCUT2D eigenvalue weighted by Crippen LogP contribution is -2.51. The number of amides is 2. The van der Waals surface area contributed by atoms with Crippen molar-refractivity contribution < 1.29 is 14.3 Å². The average molecular weight is 485 g/mol. The minimum Gasteiger partial charge on any atom is -0.360 e. The van der Waals surface area contributed by atoms with Crippen molar-refractivity contribution in [1.82, 2.24) is 15.1 Å². The van der Waals surface area contributed by atoms with Crippen molar-refractivity contribution in [2.24, 2.45) is 0 Å². The number of anilines is 1. The van der Waals surface area contributed by atoms with Crippen molar-refractivity contribution in [3.63, 3.8) is 0 Å². The number of nitrogens with one attached hydrogen (secondary N) is 2. The predicted molar refractivity (Wildman–Crippen MR) is 136 cm³/mol. The Morgan fingerprint density at radius 3 is 2.41 bits per heavy atom. The van der Waals surface area contributed by atoms with Crippen LogP contribution in [0.5, 0.6) is 0 Å². The molecular weight excluding hydrogens is 448 g/mol. The number of rotatable bonds is 7. The minimum absolute atomic E-state index is 0.0559. The van der Waals surface area contributed by atoms with Crippen LogP contribution in [0.1, 0.15) is 68.9 Å². The Kier molecular flexibility index (Phi) is 5.60. The molecule has 2 aromatic rings.